The lowest BCUT2D eigenvalue weighted by molar-refractivity contribution is -0.116. The van der Waals surface area contributed by atoms with E-state index in [0.29, 0.717) is 11.6 Å². The monoisotopic (exact) mass is 329 g/mol. The molecule has 1 heterocycles. The lowest BCUT2D eigenvalue weighted by Crippen LogP contribution is -2.12. The Morgan fingerprint density at radius 1 is 1.29 bits per heavy atom. The number of anilines is 1. The fourth-order valence-corrected chi connectivity index (χ4v) is 3.67. The van der Waals surface area contributed by atoms with Crippen LogP contribution in [0.25, 0.3) is 0 Å². The first-order chi connectivity index (χ1) is 10.0. The molecule has 0 radical (unpaired) electrons. The van der Waals surface area contributed by atoms with Crippen LogP contribution in [0.4, 0.5) is 5.13 Å². The van der Waals surface area contributed by atoms with Crippen molar-refractivity contribution in [2.45, 2.75) is 56.6 Å². The first-order valence-corrected chi connectivity index (χ1v) is 9.01. The van der Waals surface area contributed by atoms with Gasteiger partial charge in [0.25, 0.3) is 0 Å². The number of aromatic nitrogens is 1. The number of carbonyl (C=O) groups excluding carboxylic acids is 2. The minimum Gasteiger partial charge on any atom is -0.369 e. The van der Waals surface area contributed by atoms with E-state index in [4.69, 9.17) is 5.73 Å². The van der Waals surface area contributed by atoms with Crippen molar-refractivity contribution in [1.82, 2.24) is 4.98 Å². The molecule has 5 nitrogen and oxygen atoms in total. The van der Waals surface area contributed by atoms with Crippen LogP contribution >= 0.6 is 23.1 Å². The summed E-state index contributed by atoms with van der Waals surface area (Å²) in [5.74, 6) is -0.120. The van der Waals surface area contributed by atoms with E-state index < -0.39 is 0 Å². The van der Waals surface area contributed by atoms with Gasteiger partial charge in [0.1, 0.15) is 0 Å². The van der Waals surface area contributed by atoms with Gasteiger partial charge in [0.05, 0.1) is 15.7 Å². The van der Waals surface area contributed by atoms with Crippen LogP contribution in [-0.2, 0) is 9.59 Å². The van der Waals surface area contributed by atoms with Crippen LogP contribution in [0.15, 0.2) is 4.21 Å². The third-order valence-corrected chi connectivity index (χ3v) is 5.31. The van der Waals surface area contributed by atoms with E-state index in [0.717, 1.165) is 22.7 Å². The van der Waals surface area contributed by atoms with Crippen molar-refractivity contribution in [1.29, 1.82) is 0 Å². The summed E-state index contributed by atoms with van der Waals surface area (Å²) < 4.78 is 0.923. The summed E-state index contributed by atoms with van der Waals surface area (Å²) in [5, 5.41) is 3.42. The van der Waals surface area contributed by atoms with Gasteiger partial charge < -0.3 is 11.1 Å². The molecule has 1 rings (SSSR count). The van der Waals surface area contributed by atoms with E-state index >= 15 is 0 Å². The van der Waals surface area contributed by atoms with Crippen LogP contribution in [0.2, 0.25) is 0 Å². The van der Waals surface area contributed by atoms with Crippen molar-refractivity contribution in [3.63, 3.8) is 0 Å². The molecule has 0 saturated carbocycles. The van der Waals surface area contributed by atoms with Crippen LogP contribution in [-0.4, -0.2) is 22.6 Å². The van der Waals surface area contributed by atoms with Crippen molar-refractivity contribution in [3.05, 3.63) is 5.69 Å². The second kappa shape index (κ2) is 9.78. The lowest BCUT2D eigenvalue weighted by Gasteiger charge is -2.01. The number of thiazole rings is 1. The quantitative estimate of drug-likeness (QED) is 0.509. The van der Waals surface area contributed by atoms with Gasteiger partial charge in [0.2, 0.25) is 11.8 Å². The van der Waals surface area contributed by atoms with Crippen LogP contribution in [0.5, 0.6) is 0 Å². The number of hydrogen-bond donors (Lipinski definition) is 2. The molecule has 1 aromatic heterocycles. The summed E-state index contributed by atoms with van der Waals surface area (Å²) in [5.41, 5.74) is 5.95. The Balaban J connectivity index is 2.35. The van der Waals surface area contributed by atoms with Crippen molar-refractivity contribution in [2.24, 2.45) is 5.73 Å². The van der Waals surface area contributed by atoms with Crippen molar-refractivity contribution in [2.75, 3.05) is 11.1 Å². The summed E-state index contributed by atoms with van der Waals surface area (Å²) in [4.78, 5) is 26.9. The Morgan fingerprint density at radius 3 is 2.67 bits per heavy atom. The third-order valence-electron chi connectivity index (χ3n) is 2.85. The number of hydrogen-bond acceptors (Lipinski definition) is 5. The Bertz CT molecular complexity index is 475. The number of thioether (sulfide) groups is 1. The number of amides is 2. The largest absolute Gasteiger partial charge is 0.369 e. The predicted molar refractivity (Wildman–Crippen MR) is 88.8 cm³/mol. The highest BCUT2D eigenvalue weighted by Gasteiger charge is 2.11. The van der Waals surface area contributed by atoms with Gasteiger partial charge in [0.15, 0.2) is 5.13 Å². The van der Waals surface area contributed by atoms with Crippen molar-refractivity contribution >= 4 is 40.0 Å². The number of nitrogens with two attached hydrogens (primary N) is 1. The molecular formula is C14H23N3O2S2. The number of nitrogens with zero attached hydrogens (tertiary/aromatic N) is 1. The highest BCUT2D eigenvalue weighted by molar-refractivity contribution is 8.01. The molecule has 0 aliphatic rings. The summed E-state index contributed by atoms with van der Waals surface area (Å²) in [6.45, 7) is 4.03. The molecule has 0 unspecified atom stereocenters. The normalized spacial score (nSPS) is 10.6. The Hall–Kier alpha value is -1.08. The summed E-state index contributed by atoms with van der Waals surface area (Å²) in [6.07, 6.45) is 6.17. The molecule has 7 heteroatoms. The number of primary amides is 1. The van der Waals surface area contributed by atoms with E-state index in [-0.39, 0.29) is 17.6 Å². The number of rotatable bonds is 10. The van der Waals surface area contributed by atoms with Gasteiger partial charge >= 0.3 is 0 Å². The van der Waals surface area contributed by atoms with Gasteiger partial charge in [-0.2, -0.15) is 0 Å². The molecule has 0 fully saturated rings. The Kier molecular flexibility index (Phi) is 8.37. The molecule has 0 saturated heterocycles. The molecule has 21 heavy (non-hydrogen) atoms. The molecule has 0 atom stereocenters. The third kappa shape index (κ3) is 7.47. The Morgan fingerprint density at radius 2 is 2.00 bits per heavy atom. The minimum atomic E-state index is -0.356. The zero-order valence-electron chi connectivity index (χ0n) is 12.6. The van der Waals surface area contributed by atoms with Gasteiger partial charge in [-0.3, -0.25) is 9.59 Å². The van der Waals surface area contributed by atoms with Crippen LogP contribution in [0.3, 0.4) is 0 Å². The standard InChI is InChI=1S/C14H23N3O2S2/c1-3-4-5-6-7-8-12(19)17-14-16-10(2)13(21-14)20-9-11(15)18/h3-9H2,1-2H3,(H2,15,18)(H,16,17,19). The van der Waals surface area contributed by atoms with Gasteiger partial charge in [0, 0.05) is 6.42 Å². The summed E-state index contributed by atoms with van der Waals surface area (Å²) in [7, 11) is 0. The first-order valence-electron chi connectivity index (χ1n) is 7.21. The second-order valence-electron chi connectivity index (χ2n) is 4.86. The van der Waals surface area contributed by atoms with Gasteiger partial charge in [-0.15, -0.1) is 11.8 Å². The molecule has 1 aromatic rings. The zero-order valence-corrected chi connectivity index (χ0v) is 14.2. The second-order valence-corrected chi connectivity index (χ2v) is 7.10. The smallest absolute Gasteiger partial charge is 0.227 e. The molecule has 0 spiro atoms. The van der Waals surface area contributed by atoms with E-state index in [1.807, 2.05) is 6.92 Å². The fourth-order valence-electron chi connectivity index (χ4n) is 1.78. The molecule has 0 bridgehead atoms. The zero-order chi connectivity index (χ0) is 15.7. The summed E-state index contributed by atoms with van der Waals surface area (Å²) in [6, 6.07) is 0. The highest BCUT2D eigenvalue weighted by Crippen LogP contribution is 2.31. The molecule has 0 aliphatic heterocycles. The van der Waals surface area contributed by atoms with Crippen LogP contribution < -0.4 is 11.1 Å². The number of carbonyl (C=O) groups is 2. The van der Waals surface area contributed by atoms with Crippen LogP contribution in [0, 0.1) is 6.92 Å². The minimum absolute atomic E-state index is 0.00620. The number of aryl methyl sites for hydroxylation is 1. The molecule has 2 amide bonds. The van der Waals surface area contributed by atoms with Gasteiger partial charge in [-0.25, -0.2) is 4.98 Å². The average Bonchev–Trinajstić information content (AvgIpc) is 2.76. The van der Waals surface area contributed by atoms with Gasteiger partial charge in [-0.05, 0) is 13.3 Å². The summed E-state index contributed by atoms with van der Waals surface area (Å²) >= 11 is 2.75. The highest BCUT2D eigenvalue weighted by atomic mass is 32.2. The Labute approximate surface area is 134 Å². The van der Waals surface area contributed by atoms with E-state index in [9.17, 15) is 9.59 Å². The van der Waals surface area contributed by atoms with E-state index in [1.165, 1.54) is 42.4 Å². The van der Waals surface area contributed by atoms with Crippen molar-refractivity contribution in [3.8, 4) is 0 Å². The molecule has 0 aliphatic carbocycles. The molecule has 3 N–H and O–H groups in total. The SMILES string of the molecule is CCCCCCCC(=O)Nc1nc(C)c(SCC(N)=O)s1. The topological polar surface area (TPSA) is 85.1 Å². The molecule has 0 aromatic carbocycles. The lowest BCUT2D eigenvalue weighted by atomic mass is 10.1. The molecule has 118 valence electrons. The van der Waals surface area contributed by atoms with Crippen molar-refractivity contribution < 1.29 is 9.59 Å². The van der Waals surface area contributed by atoms with Crippen LogP contribution in [0.1, 0.15) is 51.1 Å². The maximum atomic E-state index is 11.8. The maximum Gasteiger partial charge on any atom is 0.227 e. The van der Waals surface area contributed by atoms with E-state index in [2.05, 4.69) is 17.2 Å². The van der Waals surface area contributed by atoms with E-state index in [1.54, 1.807) is 0 Å². The molecular weight excluding hydrogens is 306 g/mol. The maximum absolute atomic E-state index is 11.8. The average molecular weight is 329 g/mol. The number of unbranched alkanes of at least 4 members (excludes halogenated alkanes) is 4. The predicted octanol–water partition coefficient (Wildman–Crippen LogP) is 3.33. The number of nitrogens with one attached hydrogen (secondary N) is 1. The fraction of sp³-hybridized carbons (Fsp3) is 0.643. The van der Waals surface area contributed by atoms with Gasteiger partial charge in [-0.1, -0.05) is 43.9 Å². The first kappa shape index (κ1) is 18.0.